The summed E-state index contributed by atoms with van der Waals surface area (Å²) in [6, 6.07) is 0. The molecule has 0 aliphatic heterocycles. The zero-order valence-corrected chi connectivity index (χ0v) is 9.97. The molecule has 4 atom stereocenters. The van der Waals surface area contributed by atoms with Gasteiger partial charge in [0.05, 0.1) is 0 Å². The summed E-state index contributed by atoms with van der Waals surface area (Å²) < 4.78 is 0. The van der Waals surface area contributed by atoms with E-state index < -0.39 is 0 Å². The molecule has 2 aliphatic carbocycles. The van der Waals surface area contributed by atoms with E-state index in [2.05, 4.69) is 20.8 Å². The molecule has 0 radical (unpaired) electrons. The second-order valence-electron chi connectivity index (χ2n) is 6.50. The van der Waals surface area contributed by atoms with Gasteiger partial charge in [-0.2, -0.15) is 0 Å². The quantitative estimate of drug-likeness (QED) is 0.682. The van der Waals surface area contributed by atoms with Crippen molar-refractivity contribution >= 4 is 0 Å². The van der Waals surface area contributed by atoms with Gasteiger partial charge in [-0.1, -0.05) is 20.3 Å². The van der Waals surface area contributed by atoms with Crippen LogP contribution in [0, 0.1) is 17.3 Å². The second kappa shape index (κ2) is 3.23. The highest BCUT2D eigenvalue weighted by Gasteiger charge is 2.47. The van der Waals surface area contributed by atoms with Gasteiger partial charge in [-0.25, -0.2) is 0 Å². The Labute approximate surface area is 88.4 Å². The molecule has 14 heavy (non-hydrogen) atoms. The van der Waals surface area contributed by atoms with E-state index >= 15 is 0 Å². The minimum absolute atomic E-state index is 0.124. The summed E-state index contributed by atoms with van der Waals surface area (Å²) in [5.41, 5.74) is 7.10. The van der Waals surface area contributed by atoms with Crippen LogP contribution in [0.4, 0.5) is 0 Å². The smallest absolute Gasteiger partial charge is 0.0133 e. The van der Waals surface area contributed by atoms with Gasteiger partial charge in [0.1, 0.15) is 0 Å². The number of hydrogen-bond acceptors (Lipinski definition) is 1. The molecule has 4 unspecified atom stereocenters. The molecule has 2 bridgehead atoms. The fourth-order valence-electron chi connectivity index (χ4n) is 4.47. The van der Waals surface area contributed by atoms with Gasteiger partial charge in [-0.05, 0) is 56.3 Å². The summed E-state index contributed by atoms with van der Waals surface area (Å²) >= 11 is 0. The summed E-state index contributed by atoms with van der Waals surface area (Å²) in [4.78, 5) is 0. The Bertz CT molecular complexity index is 217. The highest BCUT2D eigenvalue weighted by atomic mass is 14.8. The van der Waals surface area contributed by atoms with Crippen LogP contribution in [-0.4, -0.2) is 5.54 Å². The standard InChI is InChI=1S/C13H25N/c1-4-13-6-10(2)5-11(8-13)7-12(3,14)9-13/h10-11H,4-9,14H2,1-3H3. The molecule has 2 fully saturated rings. The van der Waals surface area contributed by atoms with Crippen LogP contribution >= 0.6 is 0 Å². The van der Waals surface area contributed by atoms with Gasteiger partial charge in [-0.15, -0.1) is 0 Å². The summed E-state index contributed by atoms with van der Waals surface area (Å²) in [6.07, 6.45) is 8.17. The molecule has 1 heteroatoms. The fourth-order valence-corrected chi connectivity index (χ4v) is 4.47. The monoisotopic (exact) mass is 195 g/mol. The number of nitrogens with two attached hydrogens (primary N) is 1. The van der Waals surface area contributed by atoms with Crippen molar-refractivity contribution in [3.05, 3.63) is 0 Å². The highest BCUT2D eigenvalue weighted by Crippen LogP contribution is 2.54. The lowest BCUT2D eigenvalue weighted by Gasteiger charge is -2.53. The lowest BCUT2D eigenvalue weighted by molar-refractivity contribution is 0.00353. The van der Waals surface area contributed by atoms with Crippen LogP contribution in [0.1, 0.15) is 59.3 Å². The Morgan fingerprint density at radius 2 is 2.00 bits per heavy atom. The third-order valence-electron chi connectivity index (χ3n) is 4.52. The molecule has 2 saturated carbocycles. The molecule has 1 nitrogen and oxygen atoms in total. The fraction of sp³-hybridized carbons (Fsp3) is 1.00. The Hall–Kier alpha value is -0.0400. The molecule has 0 aromatic heterocycles. The number of rotatable bonds is 1. The van der Waals surface area contributed by atoms with Crippen molar-refractivity contribution in [2.24, 2.45) is 23.0 Å². The van der Waals surface area contributed by atoms with E-state index in [1.165, 1.54) is 38.5 Å². The first-order chi connectivity index (χ1) is 6.45. The maximum atomic E-state index is 6.37. The van der Waals surface area contributed by atoms with E-state index in [-0.39, 0.29) is 5.54 Å². The van der Waals surface area contributed by atoms with Gasteiger partial charge in [0.15, 0.2) is 0 Å². The van der Waals surface area contributed by atoms with Gasteiger partial charge < -0.3 is 5.73 Å². The van der Waals surface area contributed by atoms with Crippen molar-refractivity contribution in [1.29, 1.82) is 0 Å². The van der Waals surface area contributed by atoms with Crippen LogP contribution in [-0.2, 0) is 0 Å². The Morgan fingerprint density at radius 3 is 2.64 bits per heavy atom. The van der Waals surface area contributed by atoms with Crippen molar-refractivity contribution in [1.82, 2.24) is 0 Å². The van der Waals surface area contributed by atoms with Crippen LogP contribution in [0.15, 0.2) is 0 Å². The van der Waals surface area contributed by atoms with Crippen molar-refractivity contribution < 1.29 is 0 Å². The minimum atomic E-state index is 0.124. The second-order valence-corrected chi connectivity index (χ2v) is 6.50. The molecule has 0 aromatic carbocycles. The predicted octanol–water partition coefficient (Wildman–Crippen LogP) is 3.33. The summed E-state index contributed by atoms with van der Waals surface area (Å²) in [5.74, 6) is 1.85. The molecule has 0 spiro atoms. The first-order valence-corrected chi connectivity index (χ1v) is 6.24. The summed E-state index contributed by atoms with van der Waals surface area (Å²) in [6.45, 7) is 7.05. The van der Waals surface area contributed by atoms with Crippen molar-refractivity contribution in [3.8, 4) is 0 Å². The van der Waals surface area contributed by atoms with E-state index in [9.17, 15) is 0 Å². The van der Waals surface area contributed by atoms with E-state index in [1.54, 1.807) is 0 Å². The Balaban J connectivity index is 2.20. The largest absolute Gasteiger partial charge is 0.325 e. The van der Waals surface area contributed by atoms with Crippen molar-refractivity contribution in [3.63, 3.8) is 0 Å². The van der Waals surface area contributed by atoms with Crippen LogP contribution in [0.25, 0.3) is 0 Å². The molecule has 2 aliphatic rings. The van der Waals surface area contributed by atoms with Crippen molar-refractivity contribution in [2.75, 3.05) is 0 Å². The zero-order chi connectivity index (χ0) is 10.4. The first kappa shape index (κ1) is 10.5. The molecule has 0 amide bonds. The van der Waals surface area contributed by atoms with Crippen LogP contribution < -0.4 is 5.73 Å². The Morgan fingerprint density at radius 1 is 1.29 bits per heavy atom. The van der Waals surface area contributed by atoms with Gasteiger partial charge in [0, 0.05) is 5.54 Å². The number of fused-ring (bicyclic) bond motifs is 2. The summed E-state index contributed by atoms with van der Waals surface area (Å²) in [5, 5.41) is 0. The van der Waals surface area contributed by atoms with Crippen LogP contribution in [0.2, 0.25) is 0 Å². The maximum Gasteiger partial charge on any atom is 0.0133 e. The third kappa shape index (κ3) is 1.84. The van der Waals surface area contributed by atoms with E-state index in [0.717, 1.165) is 11.8 Å². The maximum absolute atomic E-state index is 6.37. The Kier molecular flexibility index (Phi) is 2.42. The van der Waals surface area contributed by atoms with Crippen LogP contribution in [0.3, 0.4) is 0 Å². The minimum Gasteiger partial charge on any atom is -0.325 e. The van der Waals surface area contributed by atoms with E-state index in [0.29, 0.717) is 5.41 Å². The predicted molar refractivity (Wildman–Crippen MR) is 61.1 cm³/mol. The van der Waals surface area contributed by atoms with E-state index in [4.69, 9.17) is 5.73 Å². The van der Waals surface area contributed by atoms with Gasteiger partial charge in [0.25, 0.3) is 0 Å². The lowest BCUT2D eigenvalue weighted by atomic mass is 9.54. The lowest BCUT2D eigenvalue weighted by Crippen LogP contribution is -2.51. The molecule has 0 heterocycles. The normalized spacial score (nSPS) is 53.1. The molecular weight excluding hydrogens is 170 g/mol. The molecule has 0 saturated heterocycles. The van der Waals surface area contributed by atoms with Gasteiger partial charge in [-0.3, -0.25) is 0 Å². The SMILES string of the molecule is CCC12CC(C)CC(CC(C)(N)C1)C2. The van der Waals surface area contributed by atoms with Crippen molar-refractivity contribution in [2.45, 2.75) is 64.8 Å². The number of hydrogen-bond donors (Lipinski definition) is 1. The van der Waals surface area contributed by atoms with E-state index in [1.807, 2.05) is 0 Å². The highest BCUT2D eigenvalue weighted by molar-refractivity contribution is 5.01. The topological polar surface area (TPSA) is 26.0 Å². The molecule has 82 valence electrons. The van der Waals surface area contributed by atoms with Gasteiger partial charge in [0.2, 0.25) is 0 Å². The molecular formula is C13H25N. The van der Waals surface area contributed by atoms with Gasteiger partial charge >= 0.3 is 0 Å². The summed E-state index contributed by atoms with van der Waals surface area (Å²) in [7, 11) is 0. The first-order valence-electron chi connectivity index (χ1n) is 6.24. The third-order valence-corrected chi connectivity index (χ3v) is 4.52. The average Bonchev–Trinajstić information content (AvgIpc) is 1.99. The average molecular weight is 195 g/mol. The molecule has 0 aromatic rings. The molecule has 2 rings (SSSR count). The van der Waals surface area contributed by atoms with Crippen LogP contribution in [0.5, 0.6) is 0 Å². The molecule has 2 N–H and O–H groups in total. The zero-order valence-electron chi connectivity index (χ0n) is 9.97.